The van der Waals surface area contributed by atoms with Crippen LogP contribution in [-0.4, -0.2) is 41.7 Å². The van der Waals surface area contributed by atoms with Crippen LogP contribution in [0.15, 0.2) is 48.0 Å². The molecule has 0 aliphatic heterocycles. The summed E-state index contributed by atoms with van der Waals surface area (Å²) in [5.41, 5.74) is 6.10. The number of carbonyl (C=O) groups is 2. The van der Waals surface area contributed by atoms with Crippen LogP contribution in [0.5, 0.6) is 5.75 Å². The van der Waals surface area contributed by atoms with Crippen LogP contribution in [0.25, 0.3) is 10.4 Å². The molecule has 1 heterocycles. The van der Waals surface area contributed by atoms with E-state index >= 15 is 0 Å². The zero-order chi connectivity index (χ0) is 27.9. The molecular weight excluding hydrogens is 498 g/mol. The standard InChI is InChI=1S/C30H39N3O4S/c1-20(2)33(15-14-21(3)36-26-12-8-23(18-34)9-13-26)27-16-24(28-22(4)32-19-38-28)10-11-25(27)17-31-29(35)37-30(5,6)7/h8-13,16,18-21H,14-15,17H2,1-7H3,(H,31,35). The maximum Gasteiger partial charge on any atom is 0.407 e. The summed E-state index contributed by atoms with van der Waals surface area (Å²) in [5, 5.41) is 2.92. The van der Waals surface area contributed by atoms with E-state index in [1.54, 1.807) is 23.5 Å². The van der Waals surface area contributed by atoms with Gasteiger partial charge in [-0.15, -0.1) is 11.3 Å². The number of thiazole rings is 1. The van der Waals surface area contributed by atoms with Crippen molar-refractivity contribution in [3.63, 3.8) is 0 Å². The molecule has 0 radical (unpaired) electrons. The summed E-state index contributed by atoms with van der Waals surface area (Å²) in [6, 6.07) is 13.7. The van der Waals surface area contributed by atoms with Gasteiger partial charge in [0.25, 0.3) is 0 Å². The molecule has 0 bridgehead atoms. The number of hydrogen-bond donors (Lipinski definition) is 1. The van der Waals surface area contributed by atoms with Gasteiger partial charge in [0.05, 0.1) is 22.2 Å². The predicted molar refractivity (Wildman–Crippen MR) is 154 cm³/mol. The molecule has 38 heavy (non-hydrogen) atoms. The minimum absolute atomic E-state index is 0.0337. The van der Waals surface area contributed by atoms with Gasteiger partial charge in [0.15, 0.2) is 0 Å². The SMILES string of the molecule is Cc1ncsc1-c1ccc(CNC(=O)OC(C)(C)C)c(N(CCC(C)Oc2ccc(C=O)cc2)C(C)C)c1. The molecule has 0 aliphatic carbocycles. The fraction of sp³-hybridized carbons (Fsp3) is 0.433. The molecule has 3 rings (SSSR count). The van der Waals surface area contributed by atoms with Crippen molar-refractivity contribution in [2.24, 2.45) is 0 Å². The fourth-order valence-electron chi connectivity index (χ4n) is 4.08. The van der Waals surface area contributed by atoms with Crippen LogP contribution in [0.3, 0.4) is 0 Å². The Morgan fingerprint density at radius 3 is 2.42 bits per heavy atom. The van der Waals surface area contributed by atoms with E-state index in [0.717, 1.165) is 52.4 Å². The van der Waals surface area contributed by atoms with Crippen LogP contribution in [0, 0.1) is 6.92 Å². The van der Waals surface area contributed by atoms with Crippen LogP contribution >= 0.6 is 11.3 Å². The lowest BCUT2D eigenvalue weighted by atomic mass is 10.0. The summed E-state index contributed by atoms with van der Waals surface area (Å²) in [5.74, 6) is 0.740. The lowest BCUT2D eigenvalue weighted by Crippen LogP contribution is -2.36. The number of aromatic nitrogens is 1. The minimum atomic E-state index is -0.561. The number of aryl methyl sites for hydroxylation is 1. The van der Waals surface area contributed by atoms with E-state index in [9.17, 15) is 9.59 Å². The van der Waals surface area contributed by atoms with Crippen molar-refractivity contribution in [2.45, 2.75) is 79.2 Å². The van der Waals surface area contributed by atoms with E-state index in [4.69, 9.17) is 9.47 Å². The molecule has 1 atom stereocenters. The monoisotopic (exact) mass is 537 g/mol. The van der Waals surface area contributed by atoms with Crippen molar-refractivity contribution < 1.29 is 19.1 Å². The number of ether oxygens (including phenoxy) is 2. The Bertz CT molecular complexity index is 1210. The van der Waals surface area contributed by atoms with E-state index in [1.165, 1.54) is 0 Å². The first-order chi connectivity index (χ1) is 18.0. The Morgan fingerprint density at radius 1 is 1.13 bits per heavy atom. The van der Waals surface area contributed by atoms with Gasteiger partial charge in [0, 0.05) is 36.8 Å². The first kappa shape index (κ1) is 29.2. The number of carbonyl (C=O) groups excluding carboxylic acids is 2. The highest BCUT2D eigenvalue weighted by atomic mass is 32.1. The molecule has 7 nitrogen and oxygen atoms in total. The lowest BCUT2D eigenvalue weighted by molar-refractivity contribution is 0.0523. The Kier molecular flexibility index (Phi) is 9.91. The molecule has 204 valence electrons. The fourth-order valence-corrected chi connectivity index (χ4v) is 4.88. The molecule has 0 aliphatic rings. The van der Waals surface area contributed by atoms with E-state index in [-0.39, 0.29) is 12.1 Å². The quantitative estimate of drug-likeness (QED) is 0.265. The third-order valence-corrected chi connectivity index (χ3v) is 6.96. The molecule has 0 fully saturated rings. The van der Waals surface area contributed by atoms with Gasteiger partial charge in [0.2, 0.25) is 0 Å². The number of anilines is 1. The highest BCUT2D eigenvalue weighted by molar-refractivity contribution is 7.13. The molecule has 0 saturated heterocycles. The van der Waals surface area contributed by atoms with Crippen molar-refractivity contribution in [1.82, 2.24) is 10.3 Å². The Balaban J connectivity index is 1.82. The van der Waals surface area contributed by atoms with E-state index in [2.05, 4.69) is 47.2 Å². The molecule has 8 heteroatoms. The Labute approximate surface area is 230 Å². The molecule has 1 aromatic heterocycles. The predicted octanol–water partition coefficient (Wildman–Crippen LogP) is 7.03. The Hall–Kier alpha value is -3.39. The van der Waals surface area contributed by atoms with Gasteiger partial charge in [-0.05, 0) is 89.9 Å². The molecule has 1 unspecified atom stereocenters. The number of nitrogens with one attached hydrogen (secondary N) is 1. The number of benzene rings is 2. The van der Waals surface area contributed by atoms with E-state index in [0.29, 0.717) is 12.1 Å². The summed E-state index contributed by atoms with van der Waals surface area (Å²) in [6.45, 7) is 15.1. The van der Waals surface area contributed by atoms with Gasteiger partial charge in [-0.3, -0.25) is 4.79 Å². The third kappa shape index (κ3) is 8.31. The topological polar surface area (TPSA) is 80.8 Å². The van der Waals surface area contributed by atoms with Crippen LogP contribution < -0.4 is 15.0 Å². The summed E-state index contributed by atoms with van der Waals surface area (Å²) in [4.78, 5) is 31.2. The summed E-state index contributed by atoms with van der Waals surface area (Å²) >= 11 is 1.62. The second kappa shape index (κ2) is 12.9. The van der Waals surface area contributed by atoms with Crippen LogP contribution in [-0.2, 0) is 11.3 Å². The summed E-state index contributed by atoms with van der Waals surface area (Å²) in [6.07, 6.45) is 1.14. The van der Waals surface area contributed by atoms with Crippen molar-refractivity contribution >= 4 is 29.4 Å². The van der Waals surface area contributed by atoms with Crippen LogP contribution in [0.4, 0.5) is 10.5 Å². The molecule has 2 aromatic carbocycles. The molecular formula is C30H39N3O4S. The van der Waals surface area contributed by atoms with E-state index < -0.39 is 11.7 Å². The maximum absolute atomic E-state index is 12.4. The first-order valence-corrected chi connectivity index (χ1v) is 13.8. The van der Waals surface area contributed by atoms with Gasteiger partial charge in [-0.25, -0.2) is 9.78 Å². The van der Waals surface area contributed by atoms with Gasteiger partial charge in [-0.1, -0.05) is 12.1 Å². The van der Waals surface area contributed by atoms with Crippen molar-refractivity contribution in [3.05, 3.63) is 64.8 Å². The van der Waals surface area contributed by atoms with Crippen molar-refractivity contribution in [2.75, 3.05) is 11.4 Å². The number of amides is 1. The second-order valence-electron chi connectivity index (χ2n) is 10.7. The largest absolute Gasteiger partial charge is 0.491 e. The maximum atomic E-state index is 12.4. The highest BCUT2D eigenvalue weighted by Crippen LogP contribution is 2.33. The van der Waals surface area contributed by atoms with Gasteiger partial charge in [-0.2, -0.15) is 0 Å². The first-order valence-electron chi connectivity index (χ1n) is 13.0. The second-order valence-corrected chi connectivity index (χ2v) is 11.5. The van der Waals surface area contributed by atoms with Crippen molar-refractivity contribution in [1.29, 1.82) is 0 Å². The summed E-state index contributed by atoms with van der Waals surface area (Å²) < 4.78 is 11.6. The minimum Gasteiger partial charge on any atom is -0.491 e. The average Bonchev–Trinajstić information content (AvgIpc) is 3.28. The van der Waals surface area contributed by atoms with Gasteiger partial charge in [0.1, 0.15) is 17.6 Å². The van der Waals surface area contributed by atoms with Crippen molar-refractivity contribution in [3.8, 4) is 16.2 Å². The average molecular weight is 538 g/mol. The number of hydrogen-bond acceptors (Lipinski definition) is 7. The highest BCUT2D eigenvalue weighted by Gasteiger charge is 2.20. The van der Waals surface area contributed by atoms with Gasteiger partial charge < -0.3 is 19.7 Å². The van der Waals surface area contributed by atoms with Crippen LogP contribution in [0.1, 0.15) is 69.6 Å². The number of alkyl carbamates (subject to hydrolysis) is 1. The molecule has 0 saturated carbocycles. The smallest absolute Gasteiger partial charge is 0.407 e. The number of rotatable bonds is 11. The molecule has 1 amide bonds. The van der Waals surface area contributed by atoms with Gasteiger partial charge >= 0.3 is 6.09 Å². The number of aldehydes is 1. The number of nitrogens with zero attached hydrogens (tertiary/aromatic N) is 2. The lowest BCUT2D eigenvalue weighted by Gasteiger charge is -2.32. The Morgan fingerprint density at radius 2 is 1.84 bits per heavy atom. The van der Waals surface area contributed by atoms with Crippen LogP contribution in [0.2, 0.25) is 0 Å². The summed E-state index contributed by atoms with van der Waals surface area (Å²) in [7, 11) is 0. The third-order valence-electron chi connectivity index (χ3n) is 5.98. The zero-order valence-corrected chi connectivity index (χ0v) is 24.2. The normalized spacial score (nSPS) is 12.2. The molecule has 0 spiro atoms. The molecule has 3 aromatic rings. The zero-order valence-electron chi connectivity index (χ0n) is 23.4. The van der Waals surface area contributed by atoms with E-state index in [1.807, 2.05) is 52.3 Å². The molecule has 1 N–H and O–H groups in total.